The van der Waals surface area contributed by atoms with Gasteiger partial charge in [-0.25, -0.2) is 9.78 Å². The lowest BCUT2D eigenvalue weighted by molar-refractivity contribution is 0.0378. The topological polar surface area (TPSA) is 62.7 Å². The lowest BCUT2D eigenvalue weighted by Gasteiger charge is -2.28. The molecule has 6 heteroatoms. The fraction of sp³-hybridized carbons (Fsp3) is 0.435. The molecular formula is C23H29N3O3. The Hall–Kier alpha value is -2.73. The summed E-state index contributed by atoms with van der Waals surface area (Å²) < 4.78 is 5.39. The van der Waals surface area contributed by atoms with E-state index in [0.29, 0.717) is 23.0 Å². The van der Waals surface area contributed by atoms with E-state index in [-0.39, 0.29) is 12.1 Å². The molecule has 1 aliphatic rings. The van der Waals surface area contributed by atoms with Crippen LogP contribution in [-0.2, 0) is 11.3 Å². The van der Waals surface area contributed by atoms with Gasteiger partial charge in [0.25, 0.3) is 0 Å². The maximum absolute atomic E-state index is 12.5. The van der Waals surface area contributed by atoms with E-state index in [4.69, 9.17) is 4.74 Å². The highest BCUT2D eigenvalue weighted by Gasteiger charge is 2.30. The Kier molecular flexibility index (Phi) is 6.99. The van der Waals surface area contributed by atoms with Crippen LogP contribution in [0.15, 0.2) is 42.6 Å². The van der Waals surface area contributed by atoms with Gasteiger partial charge < -0.3 is 9.64 Å². The van der Waals surface area contributed by atoms with Crippen LogP contribution in [0.2, 0.25) is 0 Å². The zero-order valence-electron chi connectivity index (χ0n) is 17.4. The summed E-state index contributed by atoms with van der Waals surface area (Å²) >= 11 is 0. The summed E-state index contributed by atoms with van der Waals surface area (Å²) in [6, 6.07) is 11.7. The van der Waals surface area contributed by atoms with Crippen molar-refractivity contribution < 1.29 is 14.3 Å². The van der Waals surface area contributed by atoms with E-state index in [1.807, 2.05) is 32.0 Å². The highest BCUT2D eigenvalue weighted by molar-refractivity contribution is 5.95. The first-order valence-corrected chi connectivity index (χ1v) is 10.2. The first-order chi connectivity index (χ1) is 14.0. The molecule has 0 amide bonds. The van der Waals surface area contributed by atoms with Gasteiger partial charge in [0.1, 0.15) is 17.7 Å². The first-order valence-electron chi connectivity index (χ1n) is 10.2. The summed E-state index contributed by atoms with van der Waals surface area (Å²) in [7, 11) is 0. The number of pyridine rings is 1. The number of ether oxygens (including phenoxy) is 1. The molecule has 0 aliphatic carbocycles. The molecule has 0 spiro atoms. The van der Waals surface area contributed by atoms with E-state index in [0.717, 1.165) is 44.4 Å². The Morgan fingerprint density at radius 1 is 1.34 bits per heavy atom. The van der Waals surface area contributed by atoms with Crippen LogP contribution in [0.5, 0.6) is 0 Å². The molecule has 0 bridgehead atoms. The number of hydrogen-bond donors (Lipinski definition) is 0. The number of carbonyl (C=O) groups is 2. The van der Waals surface area contributed by atoms with E-state index in [2.05, 4.69) is 27.8 Å². The van der Waals surface area contributed by atoms with Crippen LogP contribution in [0.25, 0.3) is 0 Å². The van der Waals surface area contributed by atoms with Crippen molar-refractivity contribution in [1.29, 1.82) is 0 Å². The summed E-state index contributed by atoms with van der Waals surface area (Å²) in [4.78, 5) is 32.6. The molecule has 6 nitrogen and oxygen atoms in total. The quantitative estimate of drug-likeness (QED) is 0.503. The number of hydrogen-bond acceptors (Lipinski definition) is 6. The Balaban J connectivity index is 1.72. The van der Waals surface area contributed by atoms with Gasteiger partial charge in [-0.05, 0) is 50.6 Å². The summed E-state index contributed by atoms with van der Waals surface area (Å²) in [5.74, 6) is 0.365. The second kappa shape index (κ2) is 9.65. The number of carbonyl (C=O) groups excluding carboxylic acids is 2. The first kappa shape index (κ1) is 21.0. The van der Waals surface area contributed by atoms with Gasteiger partial charge in [-0.2, -0.15) is 0 Å². The molecule has 1 atom stereocenters. The van der Waals surface area contributed by atoms with Gasteiger partial charge in [-0.1, -0.05) is 25.1 Å². The summed E-state index contributed by atoms with van der Waals surface area (Å²) in [6.45, 7) is 9.19. The van der Waals surface area contributed by atoms with Crippen LogP contribution >= 0.6 is 0 Å². The van der Waals surface area contributed by atoms with Crippen molar-refractivity contribution >= 4 is 18.1 Å². The van der Waals surface area contributed by atoms with Crippen LogP contribution in [-0.4, -0.2) is 53.9 Å². The molecule has 1 saturated heterocycles. The third-order valence-corrected chi connectivity index (χ3v) is 5.21. The molecule has 2 aromatic rings. The predicted octanol–water partition coefficient (Wildman–Crippen LogP) is 3.56. The van der Waals surface area contributed by atoms with Gasteiger partial charge in [0.15, 0.2) is 0 Å². The summed E-state index contributed by atoms with van der Waals surface area (Å²) in [5, 5.41) is 0. The SMILES string of the molecule is CCN(Cc1cccc(C=O)c1)C1CCN(c2ncccc2C(=O)OC(C)C)C1. The van der Waals surface area contributed by atoms with Crippen molar-refractivity contribution in [2.24, 2.45) is 0 Å². The van der Waals surface area contributed by atoms with Gasteiger partial charge in [0, 0.05) is 37.4 Å². The third-order valence-electron chi connectivity index (χ3n) is 5.21. The van der Waals surface area contributed by atoms with E-state index >= 15 is 0 Å². The van der Waals surface area contributed by atoms with Crippen LogP contribution in [0, 0.1) is 0 Å². The number of aldehydes is 1. The van der Waals surface area contributed by atoms with Gasteiger partial charge in [0.05, 0.1) is 6.10 Å². The Morgan fingerprint density at radius 3 is 2.90 bits per heavy atom. The Labute approximate surface area is 172 Å². The van der Waals surface area contributed by atoms with Crippen LogP contribution in [0.4, 0.5) is 5.82 Å². The van der Waals surface area contributed by atoms with Crippen molar-refractivity contribution in [3.63, 3.8) is 0 Å². The predicted molar refractivity (Wildman–Crippen MR) is 113 cm³/mol. The number of likely N-dealkylation sites (N-methyl/N-ethyl adjacent to an activating group) is 1. The molecule has 1 unspecified atom stereocenters. The molecule has 0 radical (unpaired) electrons. The normalized spacial score (nSPS) is 16.4. The minimum absolute atomic E-state index is 0.167. The molecule has 1 aromatic carbocycles. The van der Waals surface area contributed by atoms with Crippen molar-refractivity contribution in [1.82, 2.24) is 9.88 Å². The molecule has 0 saturated carbocycles. The zero-order chi connectivity index (χ0) is 20.8. The standard InChI is InChI=1S/C23H29N3O3/c1-4-25(14-18-7-5-8-19(13-18)16-27)20-10-12-26(15-20)22-21(9-6-11-24-22)23(28)29-17(2)3/h5-9,11,13,16-17,20H,4,10,12,14-15H2,1-3H3. The molecular weight excluding hydrogens is 366 g/mol. The number of benzene rings is 1. The minimum Gasteiger partial charge on any atom is -0.459 e. The molecule has 1 aromatic heterocycles. The van der Waals surface area contributed by atoms with E-state index in [1.165, 1.54) is 0 Å². The summed E-state index contributed by atoms with van der Waals surface area (Å²) in [6.07, 6.45) is 3.43. The fourth-order valence-electron chi connectivity index (χ4n) is 3.82. The second-order valence-corrected chi connectivity index (χ2v) is 7.64. The highest BCUT2D eigenvalue weighted by Crippen LogP contribution is 2.26. The van der Waals surface area contributed by atoms with E-state index < -0.39 is 0 Å². The number of nitrogens with zero attached hydrogens (tertiary/aromatic N) is 3. The summed E-state index contributed by atoms with van der Waals surface area (Å²) in [5.41, 5.74) is 2.35. The van der Waals surface area contributed by atoms with Crippen molar-refractivity contribution in [3.05, 3.63) is 59.3 Å². The van der Waals surface area contributed by atoms with Crippen LogP contribution in [0.1, 0.15) is 53.5 Å². The Bertz CT molecular complexity index is 853. The average molecular weight is 396 g/mol. The van der Waals surface area contributed by atoms with Crippen LogP contribution in [0.3, 0.4) is 0 Å². The number of rotatable bonds is 8. The highest BCUT2D eigenvalue weighted by atomic mass is 16.5. The smallest absolute Gasteiger partial charge is 0.342 e. The molecule has 1 aliphatic heterocycles. The van der Waals surface area contributed by atoms with Crippen LogP contribution < -0.4 is 4.90 Å². The molecule has 29 heavy (non-hydrogen) atoms. The maximum Gasteiger partial charge on any atom is 0.342 e. The number of anilines is 1. The largest absolute Gasteiger partial charge is 0.459 e. The fourth-order valence-corrected chi connectivity index (χ4v) is 3.82. The molecule has 154 valence electrons. The van der Waals surface area contributed by atoms with E-state index in [9.17, 15) is 9.59 Å². The maximum atomic E-state index is 12.5. The Morgan fingerprint density at radius 2 is 2.17 bits per heavy atom. The van der Waals surface area contributed by atoms with Crippen molar-refractivity contribution in [2.75, 3.05) is 24.5 Å². The minimum atomic E-state index is -0.329. The van der Waals surface area contributed by atoms with Gasteiger partial charge in [-0.15, -0.1) is 0 Å². The van der Waals surface area contributed by atoms with E-state index in [1.54, 1.807) is 18.3 Å². The molecule has 3 rings (SSSR count). The van der Waals surface area contributed by atoms with Gasteiger partial charge in [-0.3, -0.25) is 9.69 Å². The number of aromatic nitrogens is 1. The lowest BCUT2D eigenvalue weighted by Crippen LogP contribution is -2.37. The van der Waals surface area contributed by atoms with Crippen molar-refractivity contribution in [2.45, 2.75) is 45.9 Å². The molecule has 1 fully saturated rings. The lowest BCUT2D eigenvalue weighted by atomic mass is 10.1. The van der Waals surface area contributed by atoms with Crippen molar-refractivity contribution in [3.8, 4) is 0 Å². The molecule has 2 heterocycles. The monoisotopic (exact) mass is 395 g/mol. The molecule has 0 N–H and O–H groups in total. The van der Waals surface area contributed by atoms with Gasteiger partial charge in [0.2, 0.25) is 0 Å². The average Bonchev–Trinajstić information content (AvgIpc) is 3.21. The van der Waals surface area contributed by atoms with Gasteiger partial charge >= 0.3 is 5.97 Å². The second-order valence-electron chi connectivity index (χ2n) is 7.64. The zero-order valence-corrected chi connectivity index (χ0v) is 17.4. The third kappa shape index (κ3) is 5.21. The number of esters is 1.